The van der Waals surface area contributed by atoms with Crippen LogP contribution in [0.4, 0.5) is 10.1 Å². The van der Waals surface area contributed by atoms with Crippen molar-refractivity contribution in [3.8, 4) is 0 Å². The molecule has 0 radical (unpaired) electrons. The van der Waals surface area contributed by atoms with Gasteiger partial charge in [0.1, 0.15) is 5.82 Å². The van der Waals surface area contributed by atoms with Crippen LogP contribution in [0.2, 0.25) is 0 Å². The molecule has 30 heavy (non-hydrogen) atoms. The van der Waals surface area contributed by atoms with E-state index in [-0.39, 0.29) is 27.9 Å². The van der Waals surface area contributed by atoms with Gasteiger partial charge in [0.15, 0.2) is 0 Å². The van der Waals surface area contributed by atoms with Crippen LogP contribution in [0.25, 0.3) is 0 Å². The minimum atomic E-state index is -3.95. The molecule has 0 unspecified atom stereocenters. The van der Waals surface area contributed by atoms with Gasteiger partial charge in [-0.15, -0.1) is 0 Å². The van der Waals surface area contributed by atoms with Crippen molar-refractivity contribution in [3.63, 3.8) is 0 Å². The quantitative estimate of drug-likeness (QED) is 0.619. The van der Waals surface area contributed by atoms with Crippen LogP contribution >= 0.6 is 0 Å². The number of hydrogen-bond acceptors (Lipinski definition) is 4. The van der Waals surface area contributed by atoms with E-state index in [0.717, 1.165) is 23.3 Å². The van der Waals surface area contributed by atoms with E-state index in [1.54, 1.807) is 24.1 Å². The lowest BCUT2D eigenvalue weighted by molar-refractivity contribution is -0.128. The third-order valence-corrected chi connectivity index (χ3v) is 6.49. The number of anilines is 1. The van der Waals surface area contributed by atoms with Crippen LogP contribution in [0.5, 0.6) is 0 Å². The van der Waals surface area contributed by atoms with Crippen molar-refractivity contribution in [1.82, 2.24) is 4.90 Å². The molecule has 0 bridgehead atoms. The van der Waals surface area contributed by atoms with E-state index >= 15 is 0 Å². The fourth-order valence-corrected chi connectivity index (χ4v) is 4.41. The SMILES string of the molecule is Cc1ccc(S(=O)(=O)c2cc(F)ccc2NCC(=O)N(C)Cc2ccccc2)cc1. The standard InChI is InChI=1S/C23H23FN2O3S/c1-17-8-11-20(12-9-17)30(28,29)22-14-19(24)10-13-21(22)25-15-23(27)26(2)16-18-6-4-3-5-7-18/h3-14,25H,15-16H2,1-2H3. The van der Waals surface area contributed by atoms with Gasteiger partial charge >= 0.3 is 0 Å². The second kappa shape index (κ2) is 9.09. The highest BCUT2D eigenvalue weighted by molar-refractivity contribution is 7.91. The molecular formula is C23H23FN2O3S. The van der Waals surface area contributed by atoms with Crippen molar-refractivity contribution in [2.45, 2.75) is 23.3 Å². The summed E-state index contributed by atoms with van der Waals surface area (Å²) in [6.45, 7) is 2.16. The number of halogens is 1. The minimum absolute atomic E-state index is 0.0641. The number of likely N-dealkylation sites (N-methyl/N-ethyl adjacent to an activating group) is 1. The van der Waals surface area contributed by atoms with Gasteiger partial charge in [-0.25, -0.2) is 12.8 Å². The molecule has 1 N–H and O–H groups in total. The van der Waals surface area contributed by atoms with Gasteiger partial charge in [-0.1, -0.05) is 48.0 Å². The molecule has 3 aromatic carbocycles. The Kier molecular flexibility index (Phi) is 6.52. The Morgan fingerprint density at radius 2 is 1.67 bits per heavy atom. The largest absolute Gasteiger partial charge is 0.375 e. The molecule has 0 spiro atoms. The monoisotopic (exact) mass is 426 g/mol. The lowest BCUT2D eigenvalue weighted by Crippen LogP contribution is -2.32. The molecule has 3 aromatic rings. The summed E-state index contributed by atoms with van der Waals surface area (Å²) in [6, 6.07) is 19.3. The van der Waals surface area contributed by atoms with Crippen LogP contribution in [-0.4, -0.2) is 32.8 Å². The number of sulfone groups is 1. The first-order valence-corrected chi connectivity index (χ1v) is 10.9. The Hall–Kier alpha value is -3.19. The second-order valence-electron chi connectivity index (χ2n) is 7.05. The first-order valence-electron chi connectivity index (χ1n) is 9.40. The average molecular weight is 427 g/mol. The Balaban J connectivity index is 1.78. The van der Waals surface area contributed by atoms with E-state index < -0.39 is 15.7 Å². The van der Waals surface area contributed by atoms with E-state index in [0.29, 0.717) is 6.54 Å². The molecule has 0 saturated heterocycles. The van der Waals surface area contributed by atoms with Gasteiger partial charge < -0.3 is 10.2 Å². The molecule has 0 aliphatic rings. The Labute approximate surface area is 176 Å². The second-order valence-corrected chi connectivity index (χ2v) is 8.96. The van der Waals surface area contributed by atoms with Crippen LogP contribution in [0.15, 0.2) is 82.6 Å². The minimum Gasteiger partial charge on any atom is -0.375 e. The number of carbonyl (C=O) groups is 1. The Bertz CT molecular complexity index is 1130. The van der Waals surface area contributed by atoms with E-state index in [4.69, 9.17) is 0 Å². The predicted octanol–water partition coefficient (Wildman–Crippen LogP) is 4.04. The van der Waals surface area contributed by atoms with E-state index in [1.165, 1.54) is 18.2 Å². The summed E-state index contributed by atoms with van der Waals surface area (Å²) in [5.41, 5.74) is 2.08. The van der Waals surface area contributed by atoms with E-state index in [9.17, 15) is 17.6 Å². The van der Waals surface area contributed by atoms with Crippen molar-refractivity contribution < 1.29 is 17.6 Å². The van der Waals surface area contributed by atoms with Crippen molar-refractivity contribution in [2.24, 2.45) is 0 Å². The van der Waals surface area contributed by atoms with Gasteiger partial charge in [-0.2, -0.15) is 0 Å². The maximum atomic E-state index is 13.9. The lowest BCUT2D eigenvalue weighted by Gasteiger charge is -2.19. The molecule has 3 rings (SSSR count). The summed E-state index contributed by atoms with van der Waals surface area (Å²) in [7, 11) is -2.28. The highest BCUT2D eigenvalue weighted by Gasteiger charge is 2.23. The van der Waals surface area contributed by atoms with Crippen molar-refractivity contribution in [3.05, 3.63) is 89.7 Å². The van der Waals surface area contributed by atoms with Crippen LogP contribution in [0.3, 0.4) is 0 Å². The lowest BCUT2D eigenvalue weighted by atomic mass is 10.2. The molecule has 0 saturated carbocycles. The summed E-state index contributed by atoms with van der Waals surface area (Å²) >= 11 is 0. The summed E-state index contributed by atoms with van der Waals surface area (Å²) in [4.78, 5) is 13.9. The van der Waals surface area contributed by atoms with Crippen LogP contribution in [0.1, 0.15) is 11.1 Å². The number of aryl methyl sites for hydroxylation is 1. The molecule has 156 valence electrons. The predicted molar refractivity (Wildman–Crippen MR) is 114 cm³/mol. The van der Waals surface area contributed by atoms with Gasteiger partial charge in [0.2, 0.25) is 15.7 Å². The molecule has 0 aliphatic heterocycles. The van der Waals surface area contributed by atoms with Gasteiger partial charge in [-0.3, -0.25) is 4.79 Å². The zero-order chi connectivity index (χ0) is 21.7. The maximum Gasteiger partial charge on any atom is 0.241 e. The van der Waals surface area contributed by atoms with Gasteiger partial charge in [0.05, 0.1) is 22.0 Å². The highest BCUT2D eigenvalue weighted by Crippen LogP contribution is 2.28. The molecule has 0 aliphatic carbocycles. The number of carbonyl (C=O) groups excluding carboxylic acids is 1. The zero-order valence-electron chi connectivity index (χ0n) is 16.8. The van der Waals surface area contributed by atoms with Crippen LogP contribution < -0.4 is 5.32 Å². The Morgan fingerprint density at radius 1 is 1.00 bits per heavy atom. The summed E-state index contributed by atoms with van der Waals surface area (Å²) in [5.74, 6) is -0.888. The summed E-state index contributed by atoms with van der Waals surface area (Å²) in [5, 5.41) is 2.86. The number of nitrogens with zero attached hydrogens (tertiary/aromatic N) is 1. The van der Waals surface area contributed by atoms with Crippen molar-refractivity contribution in [2.75, 3.05) is 18.9 Å². The van der Waals surface area contributed by atoms with Gasteiger partial charge in [0.25, 0.3) is 0 Å². The highest BCUT2D eigenvalue weighted by atomic mass is 32.2. The first-order chi connectivity index (χ1) is 14.3. The first kappa shape index (κ1) is 21.5. The number of benzene rings is 3. The zero-order valence-corrected chi connectivity index (χ0v) is 17.6. The smallest absolute Gasteiger partial charge is 0.241 e. The molecule has 0 atom stereocenters. The number of nitrogens with one attached hydrogen (secondary N) is 1. The van der Waals surface area contributed by atoms with E-state index in [2.05, 4.69) is 5.32 Å². The average Bonchev–Trinajstić information content (AvgIpc) is 2.73. The fourth-order valence-electron chi connectivity index (χ4n) is 2.96. The maximum absolute atomic E-state index is 13.9. The number of amides is 1. The third-order valence-electron chi connectivity index (χ3n) is 4.68. The van der Waals surface area contributed by atoms with Crippen LogP contribution in [-0.2, 0) is 21.2 Å². The normalized spacial score (nSPS) is 11.2. The van der Waals surface area contributed by atoms with Crippen molar-refractivity contribution in [1.29, 1.82) is 0 Å². The van der Waals surface area contributed by atoms with Crippen LogP contribution in [0, 0.1) is 12.7 Å². The topological polar surface area (TPSA) is 66.5 Å². The molecular weight excluding hydrogens is 403 g/mol. The molecule has 5 nitrogen and oxygen atoms in total. The number of hydrogen-bond donors (Lipinski definition) is 1. The van der Waals surface area contributed by atoms with E-state index in [1.807, 2.05) is 37.3 Å². The van der Waals surface area contributed by atoms with Gasteiger partial charge in [-0.05, 0) is 42.8 Å². The molecule has 1 amide bonds. The van der Waals surface area contributed by atoms with Gasteiger partial charge in [0, 0.05) is 13.6 Å². The number of rotatable bonds is 7. The molecule has 0 fully saturated rings. The molecule has 0 aromatic heterocycles. The Morgan fingerprint density at radius 3 is 2.33 bits per heavy atom. The summed E-state index contributed by atoms with van der Waals surface area (Å²) in [6.07, 6.45) is 0. The molecule has 7 heteroatoms. The summed E-state index contributed by atoms with van der Waals surface area (Å²) < 4.78 is 39.9. The van der Waals surface area contributed by atoms with Crippen molar-refractivity contribution >= 4 is 21.4 Å². The molecule has 0 heterocycles. The third kappa shape index (κ3) is 5.04. The fraction of sp³-hybridized carbons (Fsp3) is 0.174.